The lowest BCUT2D eigenvalue weighted by molar-refractivity contribution is 0.0713. The van der Waals surface area contributed by atoms with Crippen LogP contribution in [0, 0.1) is 13.8 Å². The predicted molar refractivity (Wildman–Crippen MR) is 81.6 cm³/mol. The van der Waals surface area contributed by atoms with Gasteiger partial charge >= 0.3 is 0 Å². The van der Waals surface area contributed by atoms with Gasteiger partial charge in [-0.15, -0.1) is 0 Å². The second-order valence-corrected chi connectivity index (χ2v) is 5.85. The summed E-state index contributed by atoms with van der Waals surface area (Å²) in [5.41, 5.74) is 7.63. The molecule has 0 spiro atoms. The molecule has 0 radical (unpaired) electrons. The number of rotatable bonds is 4. The third-order valence-corrected chi connectivity index (χ3v) is 3.81. The molecule has 0 saturated heterocycles. The minimum atomic E-state index is -0.0415. The quantitative estimate of drug-likeness (QED) is 0.856. The SMILES string of the molecule is Cc1cc(C(=O)N(CC(N)=S)C2CCCC2)c(C)nn1. The third kappa shape index (κ3) is 3.30. The van der Waals surface area contributed by atoms with Crippen LogP contribution in [0.1, 0.15) is 47.4 Å². The topological polar surface area (TPSA) is 72.1 Å². The van der Waals surface area contributed by atoms with E-state index in [9.17, 15) is 4.79 Å². The lowest BCUT2D eigenvalue weighted by Gasteiger charge is -2.29. The van der Waals surface area contributed by atoms with E-state index in [1.165, 1.54) is 0 Å². The van der Waals surface area contributed by atoms with Crippen molar-refractivity contribution in [3.05, 3.63) is 23.0 Å². The lowest BCUT2D eigenvalue weighted by atomic mass is 10.1. The molecule has 20 heavy (non-hydrogen) atoms. The van der Waals surface area contributed by atoms with Crippen molar-refractivity contribution in [3.8, 4) is 0 Å². The summed E-state index contributed by atoms with van der Waals surface area (Å²) in [5, 5.41) is 7.99. The van der Waals surface area contributed by atoms with Crippen molar-refractivity contribution in [1.82, 2.24) is 15.1 Å². The molecule has 0 atom stereocenters. The van der Waals surface area contributed by atoms with Crippen molar-refractivity contribution in [2.45, 2.75) is 45.6 Å². The molecule has 1 aliphatic rings. The van der Waals surface area contributed by atoms with E-state index in [2.05, 4.69) is 10.2 Å². The first-order chi connectivity index (χ1) is 9.49. The number of carbonyl (C=O) groups is 1. The largest absolute Gasteiger partial charge is 0.392 e. The van der Waals surface area contributed by atoms with Crippen LogP contribution in [-0.4, -0.2) is 38.6 Å². The van der Waals surface area contributed by atoms with Crippen molar-refractivity contribution >= 4 is 23.1 Å². The summed E-state index contributed by atoms with van der Waals surface area (Å²) in [6, 6.07) is 2.02. The van der Waals surface area contributed by atoms with Crippen molar-refractivity contribution in [3.63, 3.8) is 0 Å². The molecule has 2 N–H and O–H groups in total. The number of thiocarbonyl (C=S) groups is 1. The van der Waals surface area contributed by atoms with E-state index in [1.54, 1.807) is 17.9 Å². The first-order valence-electron chi connectivity index (χ1n) is 6.89. The van der Waals surface area contributed by atoms with Crippen LogP contribution in [0.15, 0.2) is 6.07 Å². The summed E-state index contributed by atoms with van der Waals surface area (Å²) in [4.78, 5) is 14.9. The smallest absolute Gasteiger partial charge is 0.256 e. The Bertz CT molecular complexity index is 526. The van der Waals surface area contributed by atoms with Crippen LogP contribution in [0.2, 0.25) is 0 Å². The monoisotopic (exact) mass is 292 g/mol. The molecule has 1 aliphatic carbocycles. The Kier molecular flexibility index (Phi) is 4.65. The second-order valence-electron chi connectivity index (χ2n) is 5.32. The minimum absolute atomic E-state index is 0.0415. The molecule has 1 amide bonds. The van der Waals surface area contributed by atoms with Crippen LogP contribution in [0.5, 0.6) is 0 Å². The van der Waals surface area contributed by atoms with Crippen molar-refractivity contribution in [2.75, 3.05) is 6.54 Å². The van der Waals surface area contributed by atoms with Gasteiger partial charge in [-0.25, -0.2) is 0 Å². The van der Waals surface area contributed by atoms with Crippen LogP contribution in [0.25, 0.3) is 0 Å². The summed E-state index contributed by atoms with van der Waals surface area (Å²) >= 11 is 4.99. The summed E-state index contributed by atoms with van der Waals surface area (Å²) in [6.07, 6.45) is 4.34. The van der Waals surface area contributed by atoms with E-state index in [1.807, 2.05) is 6.92 Å². The van der Waals surface area contributed by atoms with E-state index >= 15 is 0 Å². The lowest BCUT2D eigenvalue weighted by Crippen LogP contribution is -2.44. The van der Waals surface area contributed by atoms with E-state index in [-0.39, 0.29) is 11.9 Å². The van der Waals surface area contributed by atoms with Gasteiger partial charge in [-0.3, -0.25) is 4.79 Å². The second kappa shape index (κ2) is 6.26. The average Bonchev–Trinajstić information content (AvgIpc) is 2.91. The number of nitrogens with two attached hydrogens (primary N) is 1. The summed E-state index contributed by atoms with van der Waals surface area (Å²) in [6.45, 7) is 3.96. The highest BCUT2D eigenvalue weighted by Gasteiger charge is 2.29. The minimum Gasteiger partial charge on any atom is -0.392 e. The Morgan fingerprint density at radius 3 is 2.65 bits per heavy atom. The van der Waals surface area contributed by atoms with E-state index in [0.29, 0.717) is 22.8 Å². The van der Waals surface area contributed by atoms with Gasteiger partial charge in [0.05, 0.1) is 28.5 Å². The molecule has 1 heterocycles. The molecule has 0 aliphatic heterocycles. The Morgan fingerprint density at radius 2 is 2.05 bits per heavy atom. The van der Waals surface area contributed by atoms with Crippen LogP contribution in [0.3, 0.4) is 0 Å². The third-order valence-electron chi connectivity index (χ3n) is 3.68. The molecule has 5 nitrogen and oxygen atoms in total. The molecule has 2 rings (SSSR count). The van der Waals surface area contributed by atoms with Gasteiger partial charge in [-0.1, -0.05) is 25.1 Å². The first kappa shape index (κ1) is 14.8. The zero-order valence-corrected chi connectivity index (χ0v) is 12.7. The number of amides is 1. The van der Waals surface area contributed by atoms with Gasteiger partial charge < -0.3 is 10.6 Å². The fourth-order valence-corrected chi connectivity index (χ4v) is 2.81. The molecular weight excluding hydrogens is 272 g/mol. The van der Waals surface area contributed by atoms with Gasteiger partial charge in [-0.2, -0.15) is 10.2 Å². The van der Waals surface area contributed by atoms with Gasteiger partial charge in [0.15, 0.2) is 0 Å². The Labute approximate surface area is 124 Å². The fourth-order valence-electron chi connectivity index (χ4n) is 2.67. The van der Waals surface area contributed by atoms with Crippen molar-refractivity contribution < 1.29 is 4.79 Å². The molecular formula is C14H20N4OS. The standard InChI is InChI=1S/C14H20N4OS/c1-9-7-12(10(2)17-16-9)14(19)18(8-13(15)20)11-5-3-4-6-11/h7,11H,3-6,8H2,1-2H3,(H2,15,20). The van der Waals surface area contributed by atoms with E-state index in [4.69, 9.17) is 18.0 Å². The maximum absolute atomic E-state index is 12.8. The number of nitrogens with zero attached hydrogens (tertiary/aromatic N) is 3. The maximum atomic E-state index is 12.8. The number of aromatic nitrogens is 2. The molecule has 1 aromatic rings. The normalized spacial score (nSPS) is 15.3. The highest BCUT2D eigenvalue weighted by atomic mass is 32.1. The molecule has 0 bridgehead atoms. The Balaban J connectivity index is 2.29. The molecule has 108 valence electrons. The van der Waals surface area contributed by atoms with Crippen molar-refractivity contribution in [1.29, 1.82) is 0 Å². The van der Waals surface area contributed by atoms with Gasteiger partial charge in [0.1, 0.15) is 0 Å². The number of hydrogen-bond donors (Lipinski definition) is 1. The van der Waals surface area contributed by atoms with E-state index in [0.717, 1.165) is 31.4 Å². The molecule has 0 aromatic carbocycles. The summed E-state index contributed by atoms with van der Waals surface area (Å²) < 4.78 is 0. The van der Waals surface area contributed by atoms with Gasteiger partial charge in [0, 0.05) is 6.04 Å². The number of hydrogen-bond acceptors (Lipinski definition) is 4. The summed E-state index contributed by atoms with van der Waals surface area (Å²) in [7, 11) is 0. The Hall–Kier alpha value is -1.56. The molecule has 1 aromatic heterocycles. The predicted octanol–water partition coefficient (Wildman–Crippen LogP) is 1.76. The molecule has 6 heteroatoms. The van der Waals surface area contributed by atoms with Gasteiger partial charge in [-0.05, 0) is 32.8 Å². The first-order valence-corrected chi connectivity index (χ1v) is 7.30. The zero-order valence-electron chi connectivity index (χ0n) is 11.9. The molecule has 1 saturated carbocycles. The molecule has 0 unspecified atom stereocenters. The van der Waals surface area contributed by atoms with Gasteiger partial charge in [0.2, 0.25) is 0 Å². The number of carbonyl (C=O) groups excluding carboxylic acids is 1. The van der Waals surface area contributed by atoms with Crippen LogP contribution >= 0.6 is 12.2 Å². The van der Waals surface area contributed by atoms with Crippen LogP contribution in [-0.2, 0) is 0 Å². The highest BCUT2D eigenvalue weighted by Crippen LogP contribution is 2.25. The average molecular weight is 292 g/mol. The van der Waals surface area contributed by atoms with Crippen LogP contribution in [0.4, 0.5) is 0 Å². The summed E-state index contributed by atoms with van der Waals surface area (Å²) in [5.74, 6) is -0.0415. The zero-order chi connectivity index (χ0) is 14.7. The van der Waals surface area contributed by atoms with Gasteiger partial charge in [0.25, 0.3) is 5.91 Å². The highest BCUT2D eigenvalue weighted by molar-refractivity contribution is 7.80. The molecule has 1 fully saturated rings. The maximum Gasteiger partial charge on any atom is 0.256 e. The number of aryl methyl sites for hydroxylation is 2. The van der Waals surface area contributed by atoms with Crippen molar-refractivity contribution in [2.24, 2.45) is 5.73 Å². The van der Waals surface area contributed by atoms with E-state index < -0.39 is 0 Å². The van der Waals surface area contributed by atoms with Crippen LogP contribution < -0.4 is 5.73 Å². The Morgan fingerprint density at radius 1 is 1.40 bits per heavy atom. The fraction of sp³-hybridized carbons (Fsp3) is 0.571.